The summed E-state index contributed by atoms with van der Waals surface area (Å²) in [7, 11) is 0. The number of hydrogen-bond acceptors (Lipinski definition) is 4. The summed E-state index contributed by atoms with van der Waals surface area (Å²) in [4.78, 5) is 45.5. The summed E-state index contributed by atoms with van der Waals surface area (Å²) in [5, 5.41) is 2.98. The summed E-state index contributed by atoms with van der Waals surface area (Å²) in [6, 6.07) is 11.6. The van der Waals surface area contributed by atoms with Gasteiger partial charge in [0.25, 0.3) is 0 Å². The number of hydrogen-bond donors (Lipinski definition) is 1. The molecule has 0 unspecified atom stereocenters. The van der Waals surface area contributed by atoms with Crippen LogP contribution in [0.4, 0.5) is 5.69 Å². The number of aromatic nitrogens is 1. The highest BCUT2D eigenvalue weighted by molar-refractivity contribution is 6.00. The van der Waals surface area contributed by atoms with Crippen molar-refractivity contribution in [2.24, 2.45) is 11.8 Å². The van der Waals surface area contributed by atoms with Crippen LogP contribution in [0.5, 0.6) is 0 Å². The molecule has 0 saturated carbocycles. The maximum atomic E-state index is 13.0. The maximum absolute atomic E-state index is 13.0. The zero-order valence-corrected chi connectivity index (χ0v) is 17.8. The Balaban J connectivity index is 1.27. The smallest absolute Gasteiger partial charge is 0.228 e. The number of benzene rings is 1. The first-order valence-electron chi connectivity index (χ1n) is 10.8. The lowest BCUT2D eigenvalue weighted by Gasteiger charge is -2.33. The Hall–Kier alpha value is -3.22. The van der Waals surface area contributed by atoms with Crippen LogP contribution >= 0.6 is 0 Å². The largest absolute Gasteiger partial charge is 0.352 e. The molecule has 2 aliphatic rings. The number of carbonyl (C=O) groups excluding carboxylic acids is 3. The molecule has 1 N–H and O–H groups in total. The van der Waals surface area contributed by atoms with Gasteiger partial charge in [0.05, 0.1) is 5.92 Å². The molecule has 0 spiro atoms. The van der Waals surface area contributed by atoms with E-state index in [0.29, 0.717) is 39.0 Å². The van der Waals surface area contributed by atoms with Crippen LogP contribution in [0.1, 0.15) is 30.4 Å². The van der Waals surface area contributed by atoms with Crippen LogP contribution in [-0.4, -0.2) is 47.2 Å². The van der Waals surface area contributed by atoms with Crippen LogP contribution < -0.4 is 10.2 Å². The van der Waals surface area contributed by atoms with Gasteiger partial charge in [-0.05, 0) is 49.6 Å². The van der Waals surface area contributed by atoms with E-state index in [1.165, 1.54) is 0 Å². The number of anilines is 1. The zero-order chi connectivity index (χ0) is 21.8. The van der Waals surface area contributed by atoms with Gasteiger partial charge in [0, 0.05) is 56.6 Å². The van der Waals surface area contributed by atoms with E-state index in [1.54, 1.807) is 17.3 Å². The van der Waals surface area contributed by atoms with Crippen LogP contribution in [0.2, 0.25) is 0 Å². The third-order valence-electron chi connectivity index (χ3n) is 6.21. The molecule has 7 nitrogen and oxygen atoms in total. The van der Waals surface area contributed by atoms with Crippen LogP contribution in [0.15, 0.2) is 48.8 Å². The number of carbonyl (C=O) groups is 3. The van der Waals surface area contributed by atoms with Crippen LogP contribution in [0, 0.1) is 18.8 Å². The molecule has 1 aromatic heterocycles. The minimum Gasteiger partial charge on any atom is -0.352 e. The van der Waals surface area contributed by atoms with Crippen molar-refractivity contribution in [1.29, 1.82) is 0 Å². The van der Waals surface area contributed by atoms with E-state index in [1.807, 2.05) is 48.2 Å². The third kappa shape index (κ3) is 4.93. The van der Waals surface area contributed by atoms with E-state index in [4.69, 9.17) is 0 Å². The van der Waals surface area contributed by atoms with Gasteiger partial charge in [-0.2, -0.15) is 0 Å². The number of nitrogens with zero attached hydrogens (tertiary/aromatic N) is 3. The van der Waals surface area contributed by atoms with E-state index >= 15 is 0 Å². The normalized spacial score (nSPS) is 19.5. The summed E-state index contributed by atoms with van der Waals surface area (Å²) in [5.41, 5.74) is 2.99. The molecular weight excluding hydrogens is 392 g/mol. The summed E-state index contributed by atoms with van der Waals surface area (Å²) in [5.74, 6) is -0.345. The van der Waals surface area contributed by atoms with E-state index < -0.39 is 0 Å². The quantitative estimate of drug-likeness (QED) is 0.805. The molecule has 4 rings (SSSR count). The number of pyridine rings is 1. The van der Waals surface area contributed by atoms with Crippen LogP contribution in [-0.2, 0) is 20.9 Å². The molecule has 162 valence electrons. The van der Waals surface area contributed by atoms with Crippen molar-refractivity contribution in [3.8, 4) is 0 Å². The Morgan fingerprint density at radius 2 is 1.71 bits per heavy atom. The fourth-order valence-corrected chi connectivity index (χ4v) is 4.30. The Morgan fingerprint density at radius 1 is 1.03 bits per heavy atom. The zero-order valence-electron chi connectivity index (χ0n) is 17.8. The molecule has 7 heteroatoms. The van der Waals surface area contributed by atoms with E-state index in [-0.39, 0.29) is 36.0 Å². The summed E-state index contributed by atoms with van der Waals surface area (Å²) in [6.07, 6.45) is 4.96. The Morgan fingerprint density at radius 3 is 2.39 bits per heavy atom. The van der Waals surface area contributed by atoms with E-state index in [0.717, 1.165) is 16.8 Å². The van der Waals surface area contributed by atoms with Gasteiger partial charge in [0.15, 0.2) is 0 Å². The second-order valence-electron chi connectivity index (χ2n) is 8.41. The highest BCUT2D eigenvalue weighted by Gasteiger charge is 2.38. The highest BCUT2D eigenvalue weighted by Crippen LogP contribution is 2.28. The maximum Gasteiger partial charge on any atom is 0.228 e. The standard InChI is InChI=1S/C24H28N4O3/c1-17-2-4-21(5-3-17)28-16-20(14-22(28)29)24(31)27-12-8-19(9-13-27)23(30)26-15-18-6-10-25-11-7-18/h2-7,10-11,19-20H,8-9,12-16H2,1H3,(H,26,30)/t20-/m0/s1. The van der Waals surface area contributed by atoms with Crippen molar-refractivity contribution >= 4 is 23.4 Å². The third-order valence-corrected chi connectivity index (χ3v) is 6.21. The lowest BCUT2D eigenvalue weighted by Crippen LogP contribution is -2.45. The van der Waals surface area contributed by atoms with E-state index in [2.05, 4.69) is 10.3 Å². The van der Waals surface area contributed by atoms with Gasteiger partial charge in [0.1, 0.15) is 0 Å². The molecule has 0 aliphatic carbocycles. The Kier molecular flexibility index (Phi) is 6.30. The highest BCUT2D eigenvalue weighted by atomic mass is 16.2. The van der Waals surface area contributed by atoms with Gasteiger partial charge in [-0.1, -0.05) is 17.7 Å². The predicted molar refractivity (Wildman–Crippen MR) is 117 cm³/mol. The molecule has 2 aliphatic heterocycles. The fourth-order valence-electron chi connectivity index (χ4n) is 4.30. The molecule has 1 aromatic carbocycles. The summed E-state index contributed by atoms with van der Waals surface area (Å²) >= 11 is 0. The number of nitrogens with one attached hydrogen (secondary N) is 1. The van der Waals surface area contributed by atoms with Crippen LogP contribution in [0.3, 0.4) is 0 Å². The van der Waals surface area contributed by atoms with Crippen molar-refractivity contribution in [2.45, 2.75) is 32.7 Å². The number of likely N-dealkylation sites (tertiary alicyclic amines) is 1. The molecule has 3 amide bonds. The molecule has 3 heterocycles. The molecule has 2 saturated heterocycles. The lowest BCUT2D eigenvalue weighted by molar-refractivity contribution is -0.139. The average Bonchev–Trinajstić information content (AvgIpc) is 3.20. The fraction of sp³-hybridized carbons (Fsp3) is 0.417. The molecule has 31 heavy (non-hydrogen) atoms. The van der Waals surface area contributed by atoms with Gasteiger partial charge in [0.2, 0.25) is 17.7 Å². The van der Waals surface area contributed by atoms with Crippen molar-refractivity contribution in [3.63, 3.8) is 0 Å². The first kappa shape index (κ1) is 21.0. The molecular formula is C24H28N4O3. The molecule has 2 fully saturated rings. The van der Waals surface area contributed by atoms with Gasteiger partial charge < -0.3 is 15.1 Å². The second kappa shape index (κ2) is 9.29. The van der Waals surface area contributed by atoms with E-state index in [9.17, 15) is 14.4 Å². The SMILES string of the molecule is Cc1ccc(N2C[C@@H](C(=O)N3CCC(C(=O)NCc4ccncc4)CC3)CC2=O)cc1. The monoisotopic (exact) mass is 420 g/mol. The Labute approximate surface area is 182 Å². The number of amides is 3. The average molecular weight is 421 g/mol. The Bertz CT molecular complexity index is 937. The van der Waals surface area contributed by atoms with Crippen molar-refractivity contribution in [2.75, 3.05) is 24.5 Å². The predicted octanol–water partition coefficient (Wildman–Crippen LogP) is 2.30. The van der Waals surface area contributed by atoms with Crippen LogP contribution in [0.25, 0.3) is 0 Å². The van der Waals surface area contributed by atoms with Gasteiger partial charge in [-0.25, -0.2) is 0 Å². The second-order valence-corrected chi connectivity index (χ2v) is 8.41. The topological polar surface area (TPSA) is 82.6 Å². The van der Waals surface area contributed by atoms with Crippen molar-refractivity contribution in [3.05, 3.63) is 59.9 Å². The minimum absolute atomic E-state index is 0.00687. The first-order valence-corrected chi connectivity index (χ1v) is 10.8. The first-order chi connectivity index (χ1) is 15.0. The lowest BCUT2D eigenvalue weighted by atomic mass is 9.94. The summed E-state index contributed by atoms with van der Waals surface area (Å²) in [6.45, 7) is 4.03. The number of aryl methyl sites for hydroxylation is 1. The molecule has 1 atom stereocenters. The molecule has 0 bridgehead atoms. The van der Waals surface area contributed by atoms with Crippen molar-refractivity contribution in [1.82, 2.24) is 15.2 Å². The summed E-state index contributed by atoms with van der Waals surface area (Å²) < 4.78 is 0. The van der Waals surface area contributed by atoms with Crippen molar-refractivity contribution < 1.29 is 14.4 Å². The van der Waals surface area contributed by atoms with Gasteiger partial charge in [-0.15, -0.1) is 0 Å². The minimum atomic E-state index is -0.314. The molecule has 0 radical (unpaired) electrons. The van der Waals surface area contributed by atoms with Gasteiger partial charge in [-0.3, -0.25) is 19.4 Å². The number of piperidine rings is 1. The van der Waals surface area contributed by atoms with Gasteiger partial charge >= 0.3 is 0 Å². The molecule has 2 aromatic rings. The number of rotatable bonds is 5.